The number of rotatable bonds is 7. The summed E-state index contributed by atoms with van der Waals surface area (Å²) in [5.41, 5.74) is 0.790. The van der Waals surface area contributed by atoms with Crippen LogP contribution in [0.25, 0.3) is 0 Å². The predicted molar refractivity (Wildman–Crippen MR) is 111 cm³/mol. The van der Waals surface area contributed by atoms with Crippen molar-refractivity contribution in [2.75, 3.05) is 19.6 Å². The average Bonchev–Trinajstić information content (AvgIpc) is 3.47. The largest absolute Gasteiger partial charge is 0.486 e. The van der Waals surface area contributed by atoms with Gasteiger partial charge in [-0.25, -0.2) is 13.1 Å². The van der Waals surface area contributed by atoms with Gasteiger partial charge < -0.3 is 14.2 Å². The highest BCUT2D eigenvalue weighted by Gasteiger charge is 2.33. The van der Waals surface area contributed by atoms with Crippen molar-refractivity contribution in [1.29, 1.82) is 0 Å². The average molecular weight is 452 g/mol. The molecule has 1 N–H and O–H groups in total. The van der Waals surface area contributed by atoms with Gasteiger partial charge in [-0.2, -0.15) is 0 Å². The molecule has 2 aliphatic rings. The first-order valence-corrected chi connectivity index (χ1v) is 11.5. The molecule has 0 unspecified atom stereocenters. The van der Waals surface area contributed by atoms with Gasteiger partial charge in [-0.1, -0.05) is 17.7 Å². The number of benzene rings is 1. The molecule has 1 amide bonds. The van der Waals surface area contributed by atoms with Crippen LogP contribution in [0.2, 0.25) is 5.02 Å². The molecule has 4 rings (SSSR count). The summed E-state index contributed by atoms with van der Waals surface area (Å²) in [5.74, 6) is 0.147. The van der Waals surface area contributed by atoms with Gasteiger partial charge >= 0.3 is 0 Å². The van der Waals surface area contributed by atoms with Gasteiger partial charge in [0.25, 0.3) is 5.56 Å². The van der Waals surface area contributed by atoms with E-state index >= 15 is 0 Å². The first-order chi connectivity index (χ1) is 14.2. The lowest BCUT2D eigenvalue weighted by Crippen LogP contribution is -2.58. The fraction of sp³-hybridized carbons (Fsp3) is 0.400. The quantitative estimate of drug-likeness (QED) is 0.691. The third-order valence-electron chi connectivity index (χ3n) is 5.17. The number of nitrogens with zero attached hydrogens (tertiary/aromatic N) is 2. The van der Waals surface area contributed by atoms with Gasteiger partial charge in [0.1, 0.15) is 11.9 Å². The maximum atomic E-state index is 12.3. The van der Waals surface area contributed by atoms with Crippen LogP contribution >= 0.6 is 11.6 Å². The molecule has 2 fully saturated rings. The van der Waals surface area contributed by atoms with Crippen molar-refractivity contribution in [3.63, 3.8) is 0 Å². The summed E-state index contributed by atoms with van der Waals surface area (Å²) in [7, 11) is -3.82. The molecule has 0 bridgehead atoms. The molecule has 1 saturated heterocycles. The lowest BCUT2D eigenvalue weighted by atomic mass is 10.1. The number of hydrogen-bond acceptors (Lipinski definition) is 5. The number of likely N-dealkylation sites (tertiary alicyclic amines) is 1. The van der Waals surface area contributed by atoms with E-state index < -0.39 is 10.0 Å². The van der Waals surface area contributed by atoms with E-state index in [2.05, 4.69) is 4.72 Å². The number of pyridine rings is 1. The van der Waals surface area contributed by atoms with E-state index in [-0.39, 0.29) is 29.0 Å². The van der Waals surface area contributed by atoms with Crippen LogP contribution < -0.4 is 15.0 Å². The van der Waals surface area contributed by atoms with Gasteiger partial charge in [-0.05, 0) is 44.0 Å². The Balaban J connectivity index is 1.28. The van der Waals surface area contributed by atoms with Crippen LogP contribution in [0.4, 0.5) is 0 Å². The zero-order valence-corrected chi connectivity index (χ0v) is 17.9. The zero-order valence-electron chi connectivity index (χ0n) is 16.4. The molecule has 1 aromatic heterocycles. The number of aromatic nitrogens is 1. The van der Waals surface area contributed by atoms with Crippen molar-refractivity contribution >= 4 is 27.5 Å². The fourth-order valence-corrected chi connectivity index (χ4v) is 4.72. The summed E-state index contributed by atoms with van der Waals surface area (Å²) in [6.45, 7) is 2.21. The normalized spacial score (nSPS) is 16.9. The minimum Gasteiger partial charge on any atom is -0.486 e. The lowest BCUT2D eigenvalue weighted by Gasteiger charge is -2.39. The van der Waals surface area contributed by atoms with Crippen LogP contribution in [0.1, 0.15) is 24.6 Å². The van der Waals surface area contributed by atoms with E-state index in [0.29, 0.717) is 29.9 Å². The molecular formula is C20H22ClN3O5S. The van der Waals surface area contributed by atoms with Gasteiger partial charge in [0.05, 0.1) is 24.5 Å². The zero-order chi connectivity index (χ0) is 21.5. The Kier molecular flexibility index (Phi) is 5.61. The first kappa shape index (κ1) is 20.9. The number of halogens is 1. The second-order valence-corrected chi connectivity index (χ2v) is 9.80. The van der Waals surface area contributed by atoms with Gasteiger partial charge in [0, 0.05) is 22.8 Å². The molecule has 0 radical (unpaired) electrons. The topological polar surface area (TPSA) is 97.7 Å². The van der Waals surface area contributed by atoms with E-state index in [1.165, 1.54) is 29.2 Å². The Hall–Kier alpha value is -2.36. The molecule has 2 aromatic rings. The van der Waals surface area contributed by atoms with E-state index in [9.17, 15) is 18.0 Å². The molecule has 1 saturated carbocycles. The Morgan fingerprint density at radius 1 is 1.23 bits per heavy atom. The molecule has 1 aliphatic heterocycles. The summed E-state index contributed by atoms with van der Waals surface area (Å²) in [6, 6.07) is 9.45. The molecule has 1 aliphatic carbocycles. The Bertz CT molecular complexity index is 1140. The van der Waals surface area contributed by atoms with Gasteiger partial charge in [0.15, 0.2) is 0 Å². The molecule has 0 atom stereocenters. The number of nitrogens with one attached hydrogen (secondary N) is 1. The Morgan fingerprint density at radius 3 is 2.60 bits per heavy atom. The highest BCUT2D eigenvalue weighted by molar-refractivity contribution is 7.89. The molecule has 0 spiro atoms. The molecule has 30 heavy (non-hydrogen) atoms. The maximum Gasteiger partial charge on any atom is 0.254 e. The SMILES string of the molecule is Cc1cc(OC2CN(C(=O)CNS(=O)(=O)c3cccc(Cl)c3)C2)cc(=O)n1C1CC1. The molecule has 8 nitrogen and oxygen atoms in total. The number of aryl methyl sites for hydroxylation is 1. The smallest absolute Gasteiger partial charge is 0.254 e. The summed E-state index contributed by atoms with van der Waals surface area (Å²) in [6.07, 6.45) is 1.83. The minimum absolute atomic E-state index is 0.00363. The molecule has 160 valence electrons. The summed E-state index contributed by atoms with van der Waals surface area (Å²) in [5, 5.41) is 0.298. The van der Waals surface area contributed by atoms with Crippen molar-refractivity contribution in [1.82, 2.24) is 14.2 Å². The number of hydrogen-bond donors (Lipinski definition) is 1. The van der Waals surface area contributed by atoms with Crippen LogP contribution in [0.5, 0.6) is 5.75 Å². The second kappa shape index (κ2) is 8.05. The third-order valence-corrected chi connectivity index (χ3v) is 6.80. The highest BCUT2D eigenvalue weighted by atomic mass is 35.5. The standard InChI is InChI=1S/C20H22ClN3O5S/c1-13-7-16(9-19(25)24(13)15-5-6-15)29-17-11-23(12-17)20(26)10-22-30(27,28)18-4-2-3-14(21)8-18/h2-4,7-9,15,17,22H,5-6,10-12H2,1H3. The number of ether oxygens (including phenoxy) is 1. The minimum atomic E-state index is -3.82. The Morgan fingerprint density at radius 2 is 1.97 bits per heavy atom. The molecular weight excluding hydrogens is 430 g/mol. The third kappa shape index (κ3) is 4.53. The number of amides is 1. The number of carbonyl (C=O) groups excluding carboxylic acids is 1. The lowest BCUT2D eigenvalue weighted by molar-refractivity contribution is -0.138. The van der Waals surface area contributed by atoms with Crippen molar-refractivity contribution in [3.05, 3.63) is 57.5 Å². The van der Waals surface area contributed by atoms with Crippen LogP contribution in [0.15, 0.2) is 46.1 Å². The predicted octanol–water partition coefficient (Wildman–Crippen LogP) is 1.71. The number of sulfonamides is 1. The second-order valence-electron chi connectivity index (χ2n) is 7.59. The van der Waals surface area contributed by atoms with Gasteiger partial charge in [-0.15, -0.1) is 0 Å². The molecule has 2 heterocycles. The highest BCUT2D eigenvalue weighted by Crippen LogP contribution is 2.35. The summed E-state index contributed by atoms with van der Waals surface area (Å²) < 4.78 is 34.4. The van der Waals surface area contributed by atoms with Crippen LogP contribution in [0.3, 0.4) is 0 Å². The van der Waals surface area contributed by atoms with E-state index in [1.54, 1.807) is 10.6 Å². The van der Waals surface area contributed by atoms with Crippen LogP contribution in [-0.4, -0.2) is 49.5 Å². The summed E-state index contributed by atoms with van der Waals surface area (Å²) in [4.78, 5) is 26.0. The number of carbonyl (C=O) groups is 1. The monoisotopic (exact) mass is 451 g/mol. The fourth-order valence-electron chi connectivity index (χ4n) is 3.45. The van der Waals surface area contributed by atoms with E-state index in [1.807, 2.05) is 13.0 Å². The molecule has 10 heteroatoms. The first-order valence-electron chi connectivity index (χ1n) is 9.66. The van der Waals surface area contributed by atoms with E-state index in [0.717, 1.165) is 18.5 Å². The van der Waals surface area contributed by atoms with Gasteiger partial charge in [-0.3, -0.25) is 9.59 Å². The van der Waals surface area contributed by atoms with Gasteiger partial charge in [0.2, 0.25) is 15.9 Å². The maximum absolute atomic E-state index is 12.3. The Labute approximate surface area is 179 Å². The summed E-state index contributed by atoms with van der Waals surface area (Å²) >= 11 is 5.82. The van der Waals surface area contributed by atoms with Crippen LogP contribution in [-0.2, 0) is 14.8 Å². The molecule has 1 aromatic carbocycles. The van der Waals surface area contributed by atoms with Crippen molar-refractivity contribution in [2.45, 2.75) is 36.8 Å². The van der Waals surface area contributed by atoms with E-state index in [4.69, 9.17) is 16.3 Å². The van der Waals surface area contributed by atoms with Crippen molar-refractivity contribution in [3.8, 4) is 5.75 Å². The van der Waals surface area contributed by atoms with Crippen molar-refractivity contribution in [2.24, 2.45) is 0 Å². The van der Waals surface area contributed by atoms with Crippen LogP contribution in [0, 0.1) is 6.92 Å². The van der Waals surface area contributed by atoms with Crippen molar-refractivity contribution < 1.29 is 17.9 Å².